The first-order valence-corrected chi connectivity index (χ1v) is 6.63. The topological polar surface area (TPSA) is 80.5 Å². The molecule has 0 aliphatic carbocycles. The van der Waals surface area contributed by atoms with Gasteiger partial charge in [0.25, 0.3) is 5.91 Å². The van der Waals surface area contributed by atoms with E-state index >= 15 is 0 Å². The third-order valence-corrected chi connectivity index (χ3v) is 3.10. The minimum absolute atomic E-state index is 0.137. The SMILES string of the molecule is COc1c(C2NC(=NCC(C)C)NC2=O)c(C)nn1C. The second kappa shape index (κ2) is 5.52. The molecule has 1 aromatic rings. The molecule has 1 aliphatic heterocycles. The zero-order valence-electron chi connectivity index (χ0n) is 12.5. The number of amides is 1. The van der Waals surface area contributed by atoms with E-state index in [1.165, 1.54) is 0 Å². The Balaban J connectivity index is 2.26. The summed E-state index contributed by atoms with van der Waals surface area (Å²) < 4.78 is 6.96. The van der Waals surface area contributed by atoms with Crippen molar-refractivity contribution in [1.29, 1.82) is 0 Å². The predicted octanol–water partition coefficient (Wildman–Crippen LogP) is 0.510. The Morgan fingerprint density at radius 3 is 2.80 bits per heavy atom. The monoisotopic (exact) mass is 279 g/mol. The van der Waals surface area contributed by atoms with Crippen molar-refractivity contribution in [3.05, 3.63) is 11.3 Å². The van der Waals surface area contributed by atoms with Gasteiger partial charge in [-0.1, -0.05) is 13.8 Å². The first-order chi connectivity index (χ1) is 9.43. The van der Waals surface area contributed by atoms with E-state index in [0.717, 1.165) is 11.3 Å². The van der Waals surface area contributed by atoms with Gasteiger partial charge < -0.3 is 10.1 Å². The number of hydrogen-bond acceptors (Lipinski definition) is 4. The maximum absolute atomic E-state index is 12.1. The van der Waals surface area contributed by atoms with Crippen LogP contribution in [0.15, 0.2) is 4.99 Å². The number of carbonyl (C=O) groups excluding carboxylic acids is 1. The molecule has 1 unspecified atom stereocenters. The molecule has 0 radical (unpaired) electrons. The van der Waals surface area contributed by atoms with E-state index in [1.54, 1.807) is 18.8 Å². The number of guanidine groups is 1. The van der Waals surface area contributed by atoms with Crippen molar-refractivity contribution in [2.45, 2.75) is 26.8 Å². The summed E-state index contributed by atoms with van der Waals surface area (Å²) in [5.41, 5.74) is 1.52. The molecular weight excluding hydrogens is 258 g/mol. The Hall–Kier alpha value is -2.05. The van der Waals surface area contributed by atoms with Crippen LogP contribution in [-0.4, -0.2) is 35.3 Å². The zero-order valence-corrected chi connectivity index (χ0v) is 12.5. The minimum Gasteiger partial charge on any atom is -0.481 e. The van der Waals surface area contributed by atoms with E-state index in [2.05, 4.69) is 34.6 Å². The van der Waals surface area contributed by atoms with Crippen LogP contribution in [0.5, 0.6) is 5.88 Å². The number of rotatable bonds is 4. The summed E-state index contributed by atoms with van der Waals surface area (Å²) in [6.45, 7) is 6.67. The van der Waals surface area contributed by atoms with Crippen LogP contribution in [-0.2, 0) is 11.8 Å². The number of hydrogen-bond donors (Lipinski definition) is 2. The molecule has 2 rings (SSSR count). The van der Waals surface area contributed by atoms with Crippen molar-refractivity contribution >= 4 is 11.9 Å². The molecule has 2 heterocycles. The third-order valence-electron chi connectivity index (χ3n) is 3.10. The summed E-state index contributed by atoms with van der Waals surface area (Å²) in [4.78, 5) is 16.5. The molecule has 1 fully saturated rings. The average Bonchev–Trinajstić information content (AvgIpc) is 2.86. The van der Waals surface area contributed by atoms with Crippen LogP contribution in [0.1, 0.15) is 31.1 Å². The second-order valence-electron chi connectivity index (χ2n) is 5.28. The fraction of sp³-hybridized carbons (Fsp3) is 0.615. The van der Waals surface area contributed by atoms with E-state index in [4.69, 9.17) is 4.74 Å². The van der Waals surface area contributed by atoms with Crippen molar-refractivity contribution in [3.8, 4) is 5.88 Å². The lowest BCUT2D eigenvalue weighted by molar-refractivity contribution is -0.120. The number of nitrogens with one attached hydrogen (secondary N) is 2. The van der Waals surface area contributed by atoms with Crippen molar-refractivity contribution in [3.63, 3.8) is 0 Å². The summed E-state index contributed by atoms with van der Waals surface area (Å²) in [7, 11) is 3.36. The maximum Gasteiger partial charge on any atom is 0.254 e. The lowest BCUT2D eigenvalue weighted by atomic mass is 10.1. The Bertz CT molecular complexity index is 547. The summed E-state index contributed by atoms with van der Waals surface area (Å²) in [5, 5.41) is 10.1. The fourth-order valence-electron chi connectivity index (χ4n) is 2.22. The Labute approximate surface area is 118 Å². The number of ether oxygens (including phenoxy) is 1. The van der Waals surface area contributed by atoms with Crippen LogP contribution in [0, 0.1) is 12.8 Å². The molecule has 1 amide bonds. The number of nitrogens with zero attached hydrogens (tertiary/aromatic N) is 3. The summed E-state index contributed by atoms with van der Waals surface area (Å²) in [6.07, 6.45) is 0. The van der Waals surface area contributed by atoms with Gasteiger partial charge in [0, 0.05) is 13.6 Å². The molecule has 0 spiro atoms. The highest BCUT2D eigenvalue weighted by Crippen LogP contribution is 2.29. The second-order valence-corrected chi connectivity index (χ2v) is 5.28. The molecule has 20 heavy (non-hydrogen) atoms. The zero-order chi connectivity index (χ0) is 14.9. The van der Waals surface area contributed by atoms with Crippen LogP contribution >= 0.6 is 0 Å². The summed E-state index contributed by atoms with van der Waals surface area (Å²) in [5.74, 6) is 1.40. The first kappa shape index (κ1) is 14.4. The van der Waals surface area contributed by atoms with E-state index in [-0.39, 0.29) is 5.91 Å². The van der Waals surface area contributed by atoms with Crippen LogP contribution in [0.25, 0.3) is 0 Å². The minimum atomic E-state index is -0.510. The number of aromatic nitrogens is 2. The largest absolute Gasteiger partial charge is 0.481 e. The molecule has 0 aromatic carbocycles. The van der Waals surface area contributed by atoms with Crippen LogP contribution in [0.4, 0.5) is 0 Å². The van der Waals surface area contributed by atoms with Gasteiger partial charge in [-0.3, -0.25) is 15.1 Å². The number of aryl methyl sites for hydroxylation is 2. The maximum atomic E-state index is 12.1. The fourth-order valence-corrected chi connectivity index (χ4v) is 2.22. The van der Waals surface area contributed by atoms with E-state index in [0.29, 0.717) is 24.3 Å². The van der Waals surface area contributed by atoms with Gasteiger partial charge >= 0.3 is 0 Å². The molecule has 110 valence electrons. The van der Waals surface area contributed by atoms with Gasteiger partial charge in [-0.25, -0.2) is 4.68 Å². The Kier molecular flexibility index (Phi) is 3.96. The number of aliphatic imine (C=N–C) groups is 1. The number of methoxy groups -OCH3 is 1. The van der Waals surface area contributed by atoms with Crippen LogP contribution < -0.4 is 15.4 Å². The highest BCUT2D eigenvalue weighted by molar-refractivity contribution is 6.07. The lowest BCUT2D eigenvalue weighted by Crippen LogP contribution is -2.26. The summed E-state index contributed by atoms with van der Waals surface area (Å²) in [6, 6.07) is -0.510. The Morgan fingerprint density at radius 2 is 2.20 bits per heavy atom. The van der Waals surface area contributed by atoms with Gasteiger partial charge in [0.05, 0.1) is 18.4 Å². The predicted molar refractivity (Wildman–Crippen MR) is 75.7 cm³/mol. The van der Waals surface area contributed by atoms with Crippen molar-refractivity contribution in [1.82, 2.24) is 20.4 Å². The van der Waals surface area contributed by atoms with Gasteiger partial charge in [-0.15, -0.1) is 0 Å². The molecule has 7 heteroatoms. The molecule has 0 bridgehead atoms. The molecule has 0 saturated carbocycles. The lowest BCUT2D eigenvalue weighted by Gasteiger charge is -2.10. The van der Waals surface area contributed by atoms with Gasteiger partial charge in [0.15, 0.2) is 5.96 Å². The molecular formula is C13H21N5O2. The first-order valence-electron chi connectivity index (χ1n) is 6.63. The average molecular weight is 279 g/mol. The highest BCUT2D eigenvalue weighted by atomic mass is 16.5. The smallest absolute Gasteiger partial charge is 0.254 e. The molecule has 1 saturated heterocycles. The van der Waals surface area contributed by atoms with Gasteiger partial charge in [-0.2, -0.15) is 5.10 Å². The van der Waals surface area contributed by atoms with Gasteiger partial charge in [0.1, 0.15) is 6.04 Å². The van der Waals surface area contributed by atoms with E-state index in [1.807, 2.05) is 6.92 Å². The quantitative estimate of drug-likeness (QED) is 0.841. The third kappa shape index (κ3) is 2.61. The van der Waals surface area contributed by atoms with E-state index in [9.17, 15) is 4.79 Å². The molecule has 1 aliphatic rings. The standard InChI is InChI=1S/C13H21N5O2/c1-7(2)6-14-13-15-10(11(19)16-13)9-8(3)17-18(4)12(9)20-5/h7,10H,6H2,1-5H3,(H2,14,15,16,19). The van der Waals surface area contributed by atoms with E-state index < -0.39 is 6.04 Å². The molecule has 7 nitrogen and oxygen atoms in total. The number of carbonyl (C=O) groups is 1. The van der Waals surface area contributed by atoms with Crippen molar-refractivity contribution < 1.29 is 9.53 Å². The molecule has 1 atom stereocenters. The molecule has 1 aromatic heterocycles. The molecule has 2 N–H and O–H groups in total. The highest BCUT2D eigenvalue weighted by Gasteiger charge is 2.35. The van der Waals surface area contributed by atoms with Gasteiger partial charge in [-0.05, 0) is 12.8 Å². The van der Waals surface area contributed by atoms with Crippen LogP contribution in [0.3, 0.4) is 0 Å². The summed E-state index contributed by atoms with van der Waals surface area (Å²) >= 11 is 0. The normalized spacial score (nSPS) is 20.4. The van der Waals surface area contributed by atoms with Gasteiger partial charge in [0.2, 0.25) is 5.88 Å². The van der Waals surface area contributed by atoms with Crippen molar-refractivity contribution in [2.75, 3.05) is 13.7 Å². The van der Waals surface area contributed by atoms with Crippen LogP contribution in [0.2, 0.25) is 0 Å². The van der Waals surface area contributed by atoms with Crippen molar-refractivity contribution in [2.24, 2.45) is 18.0 Å². The Morgan fingerprint density at radius 1 is 1.50 bits per heavy atom.